The number of nitrogens with one attached hydrogen (secondary N) is 1. The SMILES string of the molecule is O=C(O)c1ccc(NCC2Cc3ccccc32)o1. The number of hydrogen-bond acceptors (Lipinski definition) is 3. The van der Waals surface area contributed by atoms with E-state index < -0.39 is 5.97 Å². The van der Waals surface area contributed by atoms with Crippen LogP contribution in [0.4, 0.5) is 5.88 Å². The highest BCUT2D eigenvalue weighted by Gasteiger charge is 2.25. The fourth-order valence-electron chi connectivity index (χ4n) is 2.32. The van der Waals surface area contributed by atoms with E-state index in [2.05, 4.69) is 17.4 Å². The Labute approximate surface area is 104 Å². The zero-order valence-electron chi connectivity index (χ0n) is 9.72. The highest BCUT2D eigenvalue weighted by atomic mass is 16.4. The van der Waals surface area contributed by atoms with Gasteiger partial charge >= 0.3 is 5.97 Å². The minimum absolute atomic E-state index is 0.0356. The molecular weight excluding hydrogens is 230 g/mol. The number of anilines is 1. The van der Waals surface area contributed by atoms with Gasteiger partial charge < -0.3 is 14.8 Å². The highest BCUT2D eigenvalue weighted by Crippen LogP contribution is 2.34. The lowest BCUT2D eigenvalue weighted by Crippen LogP contribution is -2.24. The van der Waals surface area contributed by atoms with Crippen LogP contribution in [0.2, 0.25) is 0 Å². The Morgan fingerprint density at radius 2 is 2.17 bits per heavy atom. The van der Waals surface area contributed by atoms with E-state index in [9.17, 15) is 4.79 Å². The quantitative estimate of drug-likeness (QED) is 0.866. The minimum atomic E-state index is -1.04. The molecule has 1 unspecified atom stereocenters. The second-order valence-corrected chi connectivity index (χ2v) is 4.45. The fraction of sp³-hybridized carbons (Fsp3) is 0.214. The average molecular weight is 243 g/mol. The van der Waals surface area contributed by atoms with Gasteiger partial charge in [-0.2, -0.15) is 0 Å². The van der Waals surface area contributed by atoms with Gasteiger partial charge in [0.1, 0.15) is 0 Å². The van der Waals surface area contributed by atoms with Gasteiger partial charge in [0, 0.05) is 18.5 Å². The molecule has 0 saturated heterocycles. The van der Waals surface area contributed by atoms with Crippen molar-refractivity contribution < 1.29 is 14.3 Å². The molecule has 4 heteroatoms. The zero-order valence-corrected chi connectivity index (χ0v) is 9.72. The first kappa shape index (κ1) is 10.9. The van der Waals surface area contributed by atoms with Crippen molar-refractivity contribution in [2.45, 2.75) is 12.3 Å². The van der Waals surface area contributed by atoms with Crippen LogP contribution in [0, 0.1) is 0 Å². The number of carbonyl (C=O) groups is 1. The van der Waals surface area contributed by atoms with Crippen molar-refractivity contribution in [3.63, 3.8) is 0 Å². The number of rotatable bonds is 4. The van der Waals surface area contributed by atoms with Crippen LogP contribution in [0.5, 0.6) is 0 Å². The number of carboxylic acids is 1. The van der Waals surface area contributed by atoms with E-state index in [-0.39, 0.29) is 5.76 Å². The molecule has 1 aromatic heterocycles. The summed E-state index contributed by atoms with van der Waals surface area (Å²) in [5.74, 6) is -0.0834. The van der Waals surface area contributed by atoms with Crippen LogP contribution in [-0.4, -0.2) is 17.6 Å². The molecule has 4 nitrogen and oxygen atoms in total. The van der Waals surface area contributed by atoms with E-state index in [1.165, 1.54) is 17.2 Å². The summed E-state index contributed by atoms with van der Waals surface area (Å²) < 4.78 is 5.14. The molecule has 0 bridgehead atoms. The van der Waals surface area contributed by atoms with Crippen molar-refractivity contribution in [3.05, 3.63) is 53.3 Å². The van der Waals surface area contributed by atoms with Crippen LogP contribution in [0.1, 0.15) is 27.6 Å². The van der Waals surface area contributed by atoms with Crippen molar-refractivity contribution in [2.24, 2.45) is 0 Å². The van der Waals surface area contributed by atoms with Crippen molar-refractivity contribution in [2.75, 3.05) is 11.9 Å². The summed E-state index contributed by atoms with van der Waals surface area (Å²) in [7, 11) is 0. The molecule has 1 aliphatic rings. The van der Waals surface area contributed by atoms with Crippen molar-refractivity contribution in [1.82, 2.24) is 0 Å². The minimum Gasteiger partial charge on any atom is -0.475 e. The van der Waals surface area contributed by atoms with Gasteiger partial charge in [-0.05, 0) is 23.6 Å². The van der Waals surface area contributed by atoms with Crippen molar-refractivity contribution >= 4 is 11.9 Å². The Balaban J connectivity index is 1.61. The van der Waals surface area contributed by atoms with Gasteiger partial charge in [0.25, 0.3) is 0 Å². The third-order valence-electron chi connectivity index (χ3n) is 3.30. The topological polar surface area (TPSA) is 62.5 Å². The lowest BCUT2D eigenvalue weighted by molar-refractivity contribution is 0.0663. The molecule has 0 amide bonds. The zero-order chi connectivity index (χ0) is 12.5. The Morgan fingerprint density at radius 1 is 1.33 bits per heavy atom. The molecule has 0 aliphatic heterocycles. The van der Waals surface area contributed by atoms with E-state index in [1.54, 1.807) is 6.07 Å². The lowest BCUT2D eigenvalue weighted by atomic mass is 9.78. The molecule has 1 heterocycles. The van der Waals surface area contributed by atoms with Gasteiger partial charge in [-0.1, -0.05) is 24.3 Å². The monoisotopic (exact) mass is 243 g/mol. The van der Waals surface area contributed by atoms with Crippen LogP contribution >= 0.6 is 0 Å². The van der Waals surface area contributed by atoms with Crippen LogP contribution in [0.15, 0.2) is 40.8 Å². The molecule has 92 valence electrons. The van der Waals surface area contributed by atoms with Gasteiger partial charge in [-0.15, -0.1) is 0 Å². The lowest BCUT2D eigenvalue weighted by Gasteiger charge is -2.30. The maximum Gasteiger partial charge on any atom is 0.371 e. The van der Waals surface area contributed by atoms with Gasteiger partial charge in [0.2, 0.25) is 5.76 Å². The highest BCUT2D eigenvalue weighted by molar-refractivity contribution is 5.84. The van der Waals surface area contributed by atoms with Crippen LogP contribution < -0.4 is 5.32 Å². The van der Waals surface area contributed by atoms with Gasteiger partial charge in [0.15, 0.2) is 5.88 Å². The van der Waals surface area contributed by atoms with E-state index in [1.807, 2.05) is 12.1 Å². The van der Waals surface area contributed by atoms with Gasteiger partial charge in [-0.25, -0.2) is 4.79 Å². The standard InChI is InChI=1S/C14H13NO3/c16-14(17)12-5-6-13(18-12)15-8-10-7-9-3-1-2-4-11(9)10/h1-6,10,15H,7-8H2,(H,16,17). The predicted octanol–water partition coefficient (Wildman–Crippen LogP) is 2.73. The smallest absolute Gasteiger partial charge is 0.371 e. The number of fused-ring (bicyclic) bond motifs is 1. The van der Waals surface area contributed by atoms with Crippen LogP contribution in [0.25, 0.3) is 0 Å². The first-order valence-electron chi connectivity index (χ1n) is 5.89. The second kappa shape index (κ2) is 4.22. The van der Waals surface area contributed by atoms with E-state index in [4.69, 9.17) is 9.52 Å². The molecule has 0 spiro atoms. The fourth-order valence-corrected chi connectivity index (χ4v) is 2.32. The average Bonchev–Trinajstić information content (AvgIpc) is 2.79. The molecule has 3 rings (SSSR count). The Hall–Kier alpha value is -2.23. The summed E-state index contributed by atoms with van der Waals surface area (Å²) in [5, 5.41) is 11.9. The molecule has 0 radical (unpaired) electrons. The molecule has 18 heavy (non-hydrogen) atoms. The summed E-state index contributed by atoms with van der Waals surface area (Å²) in [4.78, 5) is 10.7. The van der Waals surface area contributed by atoms with Crippen molar-refractivity contribution in [1.29, 1.82) is 0 Å². The number of hydrogen-bond donors (Lipinski definition) is 2. The number of carboxylic acid groups (broad SMARTS) is 1. The Morgan fingerprint density at radius 3 is 2.89 bits per heavy atom. The predicted molar refractivity (Wildman–Crippen MR) is 67.0 cm³/mol. The van der Waals surface area contributed by atoms with Crippen LogP contribution in [0.3, 0.4) is 0 Å². The van der Waals surface area contributed by atoms with Crippen molar-refractivity contribution in [3.8, 4) is 0 Å². The first-order valence-corrected chi connectivity index (χ1v) is 5.89. The number of benzene rings is 1. The molecule has 0 fully saturated rings. The molecular formula is C14H13NO3. The molecule has 1 aliphatic carbocycles. The summed E-state index contributed by atoms with van der Waals surface area (Å²) in [6, 6.07) is 11.5. The first-order chi connectivity index (χ1) is 8.74. The molecule has 2 aromatic rings. The number of furan rings is 1. The third kappa shape index (κ3) is 1.86. The maximum absolute atomic E-state index is 10.7. The molecule has 2 N–H and O–H groups in total. The molecule has 1 atom stereocenters. The second-order valence-electron chi connectivity index (χ2n) is 4.45. The Kier molecular flexibility index (Phi) is 2.55. The summed E-state index contributed by atoms with van der Waals surface area (Å²) in [6.45, 7) is 0.767. The molecule has 1 aromatic carbocycles. The summed E-state index contributed by atoms with van der Waals surface area (Å²) in [6.07, 6.45) is 1.07. The summed E-state index contributed by atoms with van der Waals surface area (Å²) >= 11 is 0. The van der Waals surface area contributed by atoms with E-state index >= 15 is 0 Å². The largest absolute Gasteiger partial charge is 0.475 e. The van der Waals surface area contributed by atoms with Gasteiger partial charge in [-0.3, -0.25) is 0 Å². The van der Waals surface area contributed by atoms with Crippen LogP contribution in [-0.2, 0) is 6.42 Å². The normalized spacial score (nSPS) is 16.8. The molecule has 0 saturated carbocycles. The number of aromatic carboxylic acids is 1. The summed E-state index contributed by atoms with van der Waals surface area (Å²) in [5.41, 5.74) is 2.77. The third-order valence-corrected chi connectivity index (χ3v) is 3.30. The van der Waals surface area contributed by atoms with Gasteiger partial charge in [0.05, 0.1) is 0 Å². The Bertz CT molecular complexity index is 588. The maximum atomic E-state index is 10.7. The van der Waals surface area contributed by atoms with E-state index in [0.717, 1.165) is 13.0 Å². The van der Waals surface area contributed by atoms with E-state index in [0.29, 0.717) is 11.8 Å².